The number of benzene rings is 1. The van der Waals surface area contributed by atoms with Gasteiger partial charge in [-0.3, -0.25) is 0 Å². The number of aryl methyl sites for hydroxylation is 1. The molecule has 96 valence electrons. The summed E-state index contributed by atoms with van der Waals surface area (Å²) in [5.41, 5.74) is 6.72. The molecule has 0 radical (unpaired) electrons. The molecule has 0 aliphatic rings. The van der Waals surface area contributed by atoms with Crippen molar-refractivity contribution in [1.82, 2.24) is 0 Å². The molecule has 2 N–H and O–H groups in total. The number of rotatable bonds is 8. The smallest absolute Gasteiger partial charge is 0.377 e. The van der Waals surface area contributed by atoms with E-state index in [2.05, 4.69) is 12.1 Å². The summed E-state index contributed by atoms with van der Waals surface area (Å²) in [5, 5.41) is 0. The first-order valence-electron chi connectivity index (χ1n) is 5.74. The van der Waals surface area contributed by atoms with Gasteiger partial charge in [-0.2, -0.15) is 0 Å². The van der Waals surface area contributed by atoms with Crippen molar-refractivity contribution in [2.45, 2.75) is 18.9 Å². The minimum Gasteiger partial charge on any atom is -0.377 e. The zero-order chi connectivity index (χ0) is 12.6. The molecule has 1 aromatic carbocycles. The molecule has 5 heteroatoms. The highest BCUT2D eigenvalue weighted by Crippen LogP contribution is 2.17. The quantitative estimate of drug-likeness (QED) is 0.568. The fraction of sp³-hybridized carbons (Fsp3) is 0.500. The summed E-state index contributed by atoms with van der Waals surface area (Å²) in [4.78, 5) is 0. The normalized spacial score (nSPS) is 11.7. The Hall–Kier alpha value is -0.723. The highest BCUT2D eigenvalue weighted by atomic mass is 28.4. The van der Waals surface area contributed by atoms with E-state index < -0.39 is 8.80 Å². The van der Waals surface area contributed by atoms with Gasteiger partial charge in [0, 0.05) is 20.3 Å². The predicted octanol–water partition coefficient (Wildman–Crippen LogP) is 1.78. The molecule has 0 spiro atoms. The fourth-order valence-electron chi connectivity index (χ4n) is 1.76. The molecule has 0 heterocycles. The van der Waals surface area contributed by atoms with Gasteiger partial charge in [-0.05, 0) is 18.4 Å². The monoisotopic (exact) mass is 255 g/mol. The molecule has 1 aromatic rings. The first kappa shape index (κ1) is 14.3. The van der Waals surface area contributed by atoms with E-state index in [1.165, 1.54) is 5.56 Å². The largest absolute Gasteiger partial charge is 0.501 e. The van der Waals surface area contributed by atoms with Crippen LogP contribution in [0, 0.1) is 0 Å². The van der Waals surface area contributed by atoms with Crippen LogP contribution in [-0.4, -0.2) is 29.8 Å². The van der Waals surface area contributed by atoms with Crippen molar-refractivity contribution in [3.63, 3.8) is 0 Å². The zero-order valence-corrected chi connectivity index (χ0v) is 11.5. The minimum atomic E-state index is -2.52. The van der Waals surface area contributed by atoms with Gasteiger partial charge in [-0.25, -0.2) is 0 Å². The van der Waals surface area contributed by atoms with Crippen molar-refractivity contribution in [3.8, 4) is 0 Å². The average molecular weight is 255 g/mol. The third-order valence-electron chi connectivity index (χ3n) is 2.72. The van der Waals surface area contributed by atoms with Crippen molar-refractivity contribution in [2.75, 3.05) is 21.0 Å². The Morgan fingerprint density at radius 2 is 1.76 bits per heavy atom. The Labute approximate surface area is 104 Å². The average Bonchev–Trinajstić information content (AvgIpc) is 2.39. The van der Waals surface area contributed by atoms with E-state index >= 15 is 0 Å². The van der Waals surface area contributed by atoms with Crippen LogP contribution in [0.3, 0.4) is 0 Å². The van der Waals surface area contributed by atoms with E-state index in [4.69, 9.17) is 19.0 Å². The maximum Gasteiger partial charge on any atom is 0.501 e. The summed E-state index contributed by atoms with van der Waals surface area (Å²) in [5.74, 6) is 0. The number of hydrogen-bond acceptors (Lipinski definition) is 4. The first-order chi connectivity index (χ1) is 8.26. The molecule has 1 rings (SSSR count). The summed E-state index contributed by atoms with van der Waals surface area (Å²) in [6.07, 6.45) is 1.97. The van der Waals surface area contributed by atoms with Gasteiger partial charge < -0.3 is 19.0 Å². The van der Waals surface area contributed by atoms with Gasteiger partial charge in [-0.1, -0.05) is 30.3 Å². The number of nitrogens with two attached hydrogens (primary N) is 1. The molecule has 0 atom stereocenters. The van der Waals surface area contributed by atoms with Crippen LogP contribution in [0.2, 0.25) is 6.04 Å². The maximum atomic E-state index is 5.44. The van der Waals surface area contributed by atoms with Crippen molar-refractivity contribution in [3.05, 3.63) is 35.9 Å². The molecule has 0 aromatic heterocycles. The topological polar surface area (TPSA) is 53.7 Å². The predicted molar refractivity (Wildman–Crippen MR) is 69.5 cm³/mol. The molecular formula is C12H21NO3Si. The van der Waals surface area contributed by atoms with Gasteiger partial charge in [0.05, 0.1) is 6.73 Å². The second-order valence-electron chi connectivity index (χ2n) is 3.74. The number of hydrogen-bond donors (Lipinski definition) is 1. The Balaban J connectivity index is 2.42. The highest BCUT2D eigenvalue weighted by molar-refractivity contribution is 6.60. The van der Waals surface area contributed by atoms with Gasteiger partial charge in [0.2, 0.25) is 0 Å². The van der Waals surface area contributed by atoms with Crippen LogP contribution in [-0.2, 0) is 19.7 Å². The molecule has 0 amide bonds. The van der Waals surface area contributed by atoms with Crippen LogP contribution in [0.1, 0.15) is 12.0 Å². The molecule has 0 saturated carbocycles. The summed E-state index contributed by atoms with van der Waals surface area (Å²) in [6, 6.07) is 11.1. The van der Waals surface area contributed by atoms with Crippen LogP contribution in [0.15, 0.2) is 30.3 Å². The summed E-state index contributed by atoms with van der Waals surface area (Å²) in [6.45, 7) is 0.138. The summed E-state index contributed by atoms with van der Waals surface area (Å²) >= 11 is 0. The lowest BCUT2D eigenvalue weighted by Crippen LogP contribution is -2.45. The van der Waals surface area contributed by atoms with E-state index in [-0.39, 0.29) is 6.73 Å². The standard InChI is InChI=1S/C12H21NO3Si/c1-14-17(15-2,16-11-13)10-6-9-12-7-4-3-5-8-12/h3-5,7-8H,6,9-11,13H2,1-2H3. The molecule has 0 bridgehead atoms. The lowest BCUT2D eigenvalue weighted by Gasteiger charge is -2.25. The molecule has 0 fully saturated rings. The van der Waals surface area contributed by atoms with Crippen molar-refractivity contribution < 1.29 is 13.3 Å². The molecule has 0 aliphatic heterocycles. The minimum absolute atomic E-state index is 0.138. The SMILES string of the molecule is CO[Si](CCCc1ccccc1)(OC)OCN. The van der Waals surface area contributed by atoms with Crippen LogP contribution in [0.5, 0.6) is 0 Å². The fourth-order valence-corrected chi connectivity index (χ4v) is 3.58. The summed E-state index contributed by atoms with van der Waals surface area (Å²) < 4.78 is 16.2. The van der Waals surface area contributed by atoms with Gasteiger partial charge in [0.25, 0.3) is 0 Å². The van der Waals surface area contributed by atoms with Gasteiger partial charge >= 0.3 is 8.80 Å². The van der Waals surface area contributed by atoms with Gasteiger partial charge in [0.1, 0.15) is 0 Å². The Morgan fingerprint density at radius 1 is 1.12 bits per heavy atom. The highest BCUT2D eigenvalue weighted by Gasteiger charge is 2.37. The van der Waals surface area contributed by atoms with Crippen LogP contribution in [0.4, 0.5) is 0 Å². The van der Waals surface area contributed by atoms with Crippen LogP contribution in [0.25, 0.3) is 0 Å². The second-order valence-corrected chi connectivity index (χ2v) is 6.71. The first-order valence-corrected chi connectivity index (χ1v) is 7.68. The lowest BCUT2D eigenvalue weighted by atomic mass is 10.1. The van der Waals surface area contributed by atoms with E-state index in [0.29, 0.717) is 0 Å². The molecule has 0 saturated heterocycles. The van der Waals surface area contributed by atoms with Crippen molar-refractivity contribution in [2.24, 2.45) is 5.73 Å². The third kappa shape index (κ3) is 4.57. The van der Waals surface area contributed by atoms with Gasteiger partial charge in [-0.15, -0.1) is 0 Å². The maximum absolute atomic E-state index is 5.44. The Kier molecular flexibility index (Phi) is 6.39. The van der Waals surface area contributed by atoms with E-state index in [1.807, 2.05) is 18.2 Å². The Bertz CT molecular complexity index is 304. The van der Waals surface area contributed by atoms with Crippen molar-refractivity contribution >= 4 is 8.80 Å². The summed E-state index contributed by atoms with van der Waals surface area (Å²) in [7, 11) is 0.716. The molecular weight excluding hydrogens is 234 g/mol. The van der Waals surface area contributed by atoms with Crippen LogP contribution >= 0.6 is 0 Å². The van der Waals surface area contributed by atoms with Gasteiger partial charge in [0.15, 0.2) is 0 Å². The second kappa shape index (κ2) is 7.57. The van der Waals surface area contributed by atoms with E-state index in [0.717, 1.165) is 18.9 Å². The molecule has 0 unspecified atom stereocenters. The van der Waals surface area contributed by atoms with E-state index in [9.17, 15) is 0 Å². The zero-order valence-electron chi connectivity index (χ0n) is 10.5. The van der Waals surface area contributed by atoms with E-state index in [1.54, 1.807) is 14.2 Å². The molecule has 17 heavy (non-hydrogen) atoms. The van der Waals surface area contributed by atoms with Crippen LogP contribution < -0.4 is 5.73 Å². The lowest BCUT2D eigenvalue weighted by molar-refractivity contribution is 0.100. The van der Waals surface area contributed by atoms with Crippen molar-refractivity contribution in [1.29, 1.82) is 0 Å². The molecule has 4 nitrogen and oxygen atoms in total. The molecule has 0 aliphatic carbocycles. The Morgan fingerprint density at radius 3 is 2.29 bits per heavy atom. The third-order valence-corrected chi connectivity index (χ3v) is 5.53.